The first-order valence-corrected chi connectivity index (χ1v) is 11.2. The first-order chi connectivity index (χ1) is 13.6. The smallest absolute Gasteiger partial charge is 0.410 e. The highest BCUT2D eigenvalue weighted by Gasteiger charge is 2.33. The highest BCUT2D eigenvalue weighted by atomic mass is 16.6. The summed E-state index contributed by atoms with van der Waals surface area (Å²) in [5.41, 5.74) is 3.72. The van der Waals surface area contributed by atoms with Crippen molar-refractivity contribution in [2.45, 2.75) is 84.5 Å². The van der Waals surface area contributed by atoms with Crippen LogP contribution in [0.5, 0.6) is 0 Å². The van der Waals surface area contributed by atoms with Crippen LogP contribution in [0.3, 0.4) is 0 Å². The van der Waals surface area contributed by atoms with Gasteiger partial charge in [-0.15, -0.1) is 0 Å². The number of amides is 1. The van der Waals surface area contributed by atoms with Crippen molar-refractivity contribution in [2.24, 2.45) is 0 Å². The maximum Gasteiger partial charge on any atom is 0.410 e. The topological polar surface area (TPSA) is 36.0 Å². The number of hydrogen-bond acceptors (Lipinski definition) is 4. The summed E-state index contributed by atoms with van der Waals surface area (Å²) in [6.07, 6.45) is 4.39. The Kier molecular flexibility index (Phi) is 6.77. The van der Waals surface area contributed by atoms with Crippen LogP contribution in [0.4, 0.5) is 10.5 Å². The zero-order valence-electron chi connectivity index (χ0n) is 19.2. The van der Waals surface area contributed by atoms with Crippen molar-refractivity contribution in [3.8, 4) is 0 Å². The summed E-state index contributed by atoms with van der Waals surface area (Å²) in [5, 5.41) is 0. The van der Waals surface area contributed by atoms with Crippen molar-refractivity contribution in [3.63, 3.8) is 0 Å². The van der Waals surface area contributed by atoms with Gasteiger partial charge in [-0.2, -0.15) is 0 Å². The van der Waals surface area contributed by atoms with E-state index in [9.17, 15) is 4.79 Å². The third-order valence-corrected chi connectivity index (χ3v) is 6.21. The predicted octanol–water partition coefficient (Wildman–Crippen LogP) is 4.82. The van der Waals surface area contributed by atoms with Gasteiger partial charge in [0.1, 0.15) is 5.60 Å². The molecule has 2 atom stereocenters. The third kappa shape index (κ3) is 5.65. The van der Waals surface area contributed by atoms with Crippen LogP contribution in [-0.4, -0.2) is 60.3 Å². The van der Waals surface area contributed by atoms with Crippen LogP contribution >= 0.6 is 0 Å². The summed E-state index contributed by atoms with van der Waals surface area (Å²) >= 11 is 0. The van der Waals surface area contributed by atoms with Gasteiger partial charge in [0.25, 0.3) is 0 Å². The van der Waals surface area contributed by atoms with Crippen molar-refractivity contribution >= 4 is 11.8 Å². The SMILES string of the molecule is Cc1ccc(CN(C)C2CCN(C(=O)OC(C)(C)C)[C@@H](C)C2)c(N2CCCC2)c1. The summed E-state index contributed by atoms with van der Waals surface area (Å²) in [7, 11) is 2.23. The van der Waals surface area contributed by atoms with Crippen LogP contribution in [0, 0.1) is 6.92 Å². The molecule has 29 heavy (non-hydrogen) atoms. The minimum Gasteiger partial charge on any atom is -0.444 e. The van der Waals surface area contributed by atoms with E-state index in [0.717, 1.165) is 25.9 Å². The largest absolute Gasteiger partial charge is 0.444 e. The number of benzene rings is 1. The molecule has 1 amide bonds. The molecule has 3 rings (SSSR count). The fourth-order valence-electron chi connectivity index (χ4n) is 4.60. The molecule has 2 heterocycles. The number of ether oxygens (including phenoxy) is 1. The van der Waals surface area contributed by atoms with Gasteiger partial charge in [0.2, 0.25) is 0 Å². The highest BCUT2D eigenvalue weighted by Crippen LogP contribution is 2.29. The monoisotopic (exact) mass is 401 g/mol. The number of anilines is 1. The molecule has 0 radical (unpaired) electrons. The minimum absolute atomic E-state index is 0.180. The van der Waals surface area contributed by atoms with Gasteiger partial charge in [-0.1, -0.05) is 12.1 Å². The Morgan fingerprint density at radius 3 is 2.52 bits per heavy atom. The molecule has 2 aliphatic heterocycles. The lowest BCUT2D eigenvalue weighted by Gasteiger charge is -2.41. The van der Waals surface area contributed by atoms with E-state index in [1.54, 1.807) is 0 Å². The zero-order chi connectivity index (χ0) is 21.2. The van der Waals surface area contributed by atoms with Gasteiger partial charge in [0, 0.05) is 44.0 Å². The van der Waals surface area contributed by atoms with Crippen LogP contribution in [0.2, 0.25) is 0 Å². The van der Waals surface area contributed by atoms with Crippen molar-refractivity contribution in [2.75, 3.05) is 31.6 Å². The van der Waals surface area contributed by atoms with Crippen LogP contribution in [0.1, 0.15) is 64.5 Å². The number of aryl methyl sites for hydroxylation is 1. The van der Waals surface area contributed by atoms with Gasteiger partial charge < -0.3 is 14.5 Å². The van der Waals surface area contributed by atoms with Crippen LogP contribution in [0.15, 0.2) is 18.2 Å². The Morgan fingerprint density at radius 2 is 1.90 bits per heavy atom. The summed E-state index contributed by atoms with van der Waals surface area (Å²) in [6, 6.07) is 7.57. The van der Waals surface area contributed by atoms with E-state index >= 15 is 0 Å². The molecular formula is C24H39N3O2. The second kappa shape index (κ2) is 8.95. The van der Waals surface area contributed by atoms with Crippen LogP contribution in [-0.2, 0) is 11.3 Å². The fraction of sp³-hybridized carbons (Fsp3) is 0.708. The molecule has 5 heteroatoms. The molecule has 1 aromatic carbocycles. The van der Waals surface area contributed by atoms with Crippen molar-refractivity contribution in [1.82, 2.24) is 9.80 Å². The lowest BCUT2D eigenvalue weighted by atomic mass is 9.96. The van der Waals surface area contributed by atoms with E-state index in [4.69, 9.17) is 4.74 Å². The van der Waals surface area contributed by atoms with E-state index in [2.05, 4.69) is 48.9 Å². The Morgan fingerprint density at radius 1 is 1.21 bits per heavy atom. The minimum atomic E-state index is -0.443. The molecular weight excluding hydrogens is 362 g/mol. The number of carbonyl (C=O) groups excluding carboxylic acids is 1. The number of carbonyl (C=O) groups is 1. The zero-order valence-corrected chi connectivity index (χ0v) is 19.2. The molecule has 0 N–H and O–H groups in total. The summed E-state index contributed by atoms with van der Waals surface area (Å²) in [4.78, 5) is 19.4. The van der Waals surface area contributed by atoms with Crippen molar-refractivity contribution < 1.29 is 9.53 Å². The standard InChI is InChI=1S/C24H39N3O2/c1-18-9-10-20(22(15-18)26-12-7-8-13-26)17-25(6)21-11-14-27(19(2)16-21)23(28)29-24(3,4)5/h9-10,15,19,21H,7-8,11-14,16-17H2,1-6H3/t19-,21?/m0/s1. The Hall–Kier alpha value is -1.75. The average Bonchev–Trinajstić information content (AvgIpc) is 3.16. The molecule has 2 saturated heterocycles. The molecule has 0 saturated carbocycles. The second-order valence-corrected chi connectivity index (χ2v) is 9.94. The van der Waals surface area contributed by atoms with E-state index in [-0.39, 0.29) is 12.1 Å². The van der Waals surface area contributed by atoms with Gasteiger partial charge in [-0.05, 0) is 84.5 Å². The number of likely N-dealkylation sites (tertiary alicyclic amines) is 1. The molecule has 1 unspecified atom stereocenters. The van der Waals surface area contributed by atoms with Crippen LogP contribution < -0.4 is 4.90 Å². The molecule has 5 nitrogen and oxygen atoms in total. The number of piperidine rings is 1. The molecule has 1 aromatic rings. The lowest BCUT2D eigenvalue weighted by Crippen LogP contribution is -2.51. The number of nitrogens with zero attached hydrogens (tertiary/aromatic N) is 3. The van der Waals surface area contributed by atoms with Gasteiger partial charge in [0.05, 0.1) is 0 Å². The van der Waals surface area contributed by atoms with Crippen molar-refractivity contribution in [1.29, 1.82) is 0 Å². The second-order valence-electron chi connectivity index (χ2n) is 9.94. The fourth-order valence-corrected chi connectivity index (χ4v) is 4.60. The van der Waals surface area contributed by atoms with E-state index in [0.29, 0.717) is 6.04 Å². The molecule has 2 fully saturated rings. The predicted molar refractivity (Wildman–Crippen MR) is 120 cm³/mol. The van der Waals surface area contributed by atoms with Gasteiger partial charge >= 0.3 is 6.09 Å². The Bertz CT molecular complexity index is 707. The lowest BCUT2D eigenvalue weighted by molar-refractivity contribution is 0.00280. The highest BCUT2D eigenvalue weighted by molar-refractivity contribution is 5.68. The van der Waals surface area contributed by atoms with E-state index in [1.165, 1.54) is 42.7 Å². The van der Waals surface area contributed by atoms with Gasteiger partial charge in [-0.25, -0.2) is 4.79 Å². The number of rotatable bonds is 4. The Labute approximate surface area is 177 Å². The average molecular weight is 402 g/mol. The molecule has 0 bridgehead atoms. The summed E-state index contributed by atoms with van der Waals surface area (Å²) in [5.74, 6) is 0. The third-order valence-electron chi connectivity index (χ3n) is 6.21. The normalized spacial score (nSPS) is 23.0. The molecule has 162 valence electrons. The molecule has 2 aliphatic rings. The molecule has 0 aromatic heterocycles. The maximum absolute atomic E-state index is 12.5. The quantitative estimate of drug-likeness (QED) is 0.725. The molecule has 0 spiro atoms. The van der Waals surface area contributed by atoms with Gasteiger partial charge in [0.15, 0.2) is 0 Å². The van der Waals surface area contributed by atoms with Crippen LogP contribution in [0.25, 0.3) is 0 Å². The summed E-state index contributed by atoms with van der Waals surface area (Å²) in [6.45, 7) is 14.2. The summed E-state index contributed by atoms with van der Waals surface area (Å²) < 4.78 is 5.59. The van der Waals surface area contributed by atoms with E-state index < -0.39 is 5.60 Å². The van der Waals surface area contributed by atoms with E-state index in [1.807, 2.05) is 25.7 Å². The van der Waals surface area contributed by atoms with Gasteiger partial charge in [-0.3, -0.25) is 4.90 Å². The maximum atomic E-state index is 12.5. The Balaban J connectivity index is 1.63. The first kappa shape index (κ1) is 21.9. The number of hydrogen-bond donors (Lipinski definition) is 0. The molecule has 0 aliphatic carbocycles. The first-order valence-electron chi connectivity index (χ1n) is 11.2. The van der Waals surface area contributed by atoms with Crippen molar-refractivity contribution in [3.05, 3.63) is 29.3 Å².